The maximum Gasteiger partial charge on any atom is 1.00 e. The Morgan fingerprint density at radius 2 is 0.682 bits per heavy atom. The van der Waals surface area contributed by atoms with Crippen LogP contribution in [0.25, 0.3) is 0 Å². The first-order valence-corrected chi connectivity index (χ1v) is 5.11. The molecule has 0 heterocycles. The van der Waals surface area contributed by atoms with Crippen molar-refractivity contribution >= 4 is 21.8 Å². The monoisotopic (exact) mass is 388 g/mol. The van der Waals surface area contributed by atoms with Crippen molar-refractivity contribution in [3.05, 3.63) is 0 Å². The minimum Gasteiger partial charge on any atom is -1.00 e. The second kappa shape index (κ2) is 16.8. The molecule has 0 saturated carbocycles. The van der Waals surface area contributed by atoms with Crippen LogP contribution in [0, 0.1) is 0 Å². The molecule has 0 saturated heterocycles. The molecule has 0 aliphatic heterocycles. The fourth-order valence-corrected chi connectivity index (χ4v) is 0.224. The van der Waals surface area contributed by atoms with Crippen molar-refractivity contribution in [1.82, 2.24) is 4.90 Å². The van der Waals surface area contributed by atoms with Gasteiger partial charge in [-0.2, -0.15) is 0 Å². The van der Waals surface area contributed by atoms with Crippen LogP contribution in [0.15, 0.2) is 0 Å². The number of halogens is 12. The van der Waals surface area contributed by atoms with E-state index in [2.05, 4.69) is 25.8 Å². The smallest absolute Gasteiger partial charge is 1.00 e. The Balaban J connectivity index is -0.0000000408. The fraction of sp³-hybridized carbons (Fsp3) is 1.00. The van der Waals surface area contributed by atoms with E-state index in [-0.39, 0.29) is 52.8 Å². The summed E-state index contributed by atoms with van der Waals surface area (Å²) in [7, 11) is -15.9. The van der Waals surface area contributed by atoms with Crippen LogP contribution in [0.3, 0.4) is 0 Å². The number of rotatable bonds is 2. The van der Waals surface area contributed by atoms with Crippen molar-refractivity contribution in [1.29, 1.82) is 0 Å². The van der Waals surface area contributed by atoms with Gasteiger partial charge >= 0.3 is 73.1 Å². The minimum absolute atomic E-state index is 0. The van der Waals surface area contributed by atoms with Crippen LogP contribution in [-0.2, 0) is 0 Å². The molecule has 0 aromatic heterocycles. The largest absolute Gasteiger partial charge is 1.00 e. The van der Waals surface area contributed by atoms with Gasteiger partial charge in [-0.1, -0.05) is 13.8 Å². The Labute approximate surface area is 164 Å². The van der Waals surface area contributed by atoms with Gasteiger partial charge in [-0.15, -0.1) is 0 Å². The van der Waals surface area contributed by atoms with Crippen LogP contribution in [0.1, 0.15) is 15.3 Å². The van der Waals surface area contributed by atoms with Crippen LogP contribution in [0.5, 0.6) is 0 Å². The maximum absolute atomic E-state index is 9.75. The second-order valence-electron chi connectivity index (χ2n) is 2.97. The van der Waals surface area contributed by atoms with Gasteiger partial charge in [-0.3, -0.25) is 0 Å². The zero-order valence-corrected chi connectivity index (χ0v) is 15.3. The molecular formula is C5H14B3F12KN-3. The molecule has 0 spiro atoms. The number of hydrogen-bond donors (Lipinski definition) is 0. The molecule has 0 aromatic rings. The van der Waals surface area contributed by atoms with E-state index in [4.69, 9.17) is 0 Å². The Bertz CT molecular complexity index is 174. The fourth-order valence-electron chi connectivity index (χ4n) is 0.224. The van der Waals surface area contributed by atoms with E-state index in [1.165, 1.54) is 0 Å². The minimum atomic E-state index is -6.00. The zero-order chi connectivity index (χ0) is 18.5. The van der Waals surface area contributed by atoms with Gasteiger partial charge in [0, 0.05) is 0 Å². The normalized spacial score (nSPS) is 10.9. The standard InChI is InChI=1S/C5H13N.3BF4.K.H/c1-4-6(3)5-2;3*2-1(3,4)5;;/h4-5H2,1-3H3;;;;;/q;3*-1;+1;-1. The number of nitrogens with zero attached hydrogens (tertiary/aromatic N) is 1. The van der Waals surface area contributed by atoms with Crippen molar-refractivity contribution < 1.29 is 105 Å². The molecule has 22 heavy (non-hydrogen) atoms. The molecule has 17 heteroatoms. The third-order valence-electron chi connectivity index (χ3n) is 1.08. The maximum atomic E-state index is 9.75. The van der Waals surface area contributed by atoms with E-state index >= 15 is 0 Å². The predicted molar refractivity (Wildman–Crippen MR) is 60.5 cm³/mol. The Kier molecular flexibility index (Phi) is 26.2. The van der Waals surface area contributed by atoms with Gasteiger partial charge < -0.3 is 58.1 Å². The van der Waals surface area contributed by atoms with Gasteiger partial charge in [0.25, 0.3) is 0 Å². The first kappa shape index (κ1) is 34.3. The summed E-state index contributed by atoms with van der Waals surface area (Å²) in [5.41, 5.74) is 0. The molecule has 0 atom stereocenters. The summed E-state index contributed by atoms with van der Waals surface area (Å²) in [4.78, 5) is 2.25. The van der Waals surface area contributed by atoms with Crippen molar-refractivity contribution in [3.8, 4) is 0 Å². The van der Waals surface area contributed by atoms with Crippen molar-refractivity contribution in [2.75, 3.05) is 20.1 Å². The third-order valence-corrected chi connectivity index (χ3v) is 1.08. The Hall–Kier alpha value is 0.951. The summed E-state index contributed by atoms with van der Waals surface area (Å²) in [6.07, 6.45) is 0. The topological polar surface area (TPSA) is 3.24 Å². The molecule has 0 unspecified atom stereocenters. The van der Waals surface area contributed by atoms with Gasteiger partial charge in [0.2, 0.25) is 0 Å². The molecule has 1 nitrogen and oxygen atoms in total. The first-order valence-electron chi connectivity index (χ1n) is 5.11. The van der Waals surface area contributed by atoms with E-state index in [9.17, 15) is 51.8 Å². The third kappa shape index (κ3) is 340. The van der Waals surface area contributed by atoms with Crippen LogP contribution in [0.4, 0.5) is 51.8 Å². The van der Waals surface area contributed by atoms with Gasteiger partial charge in [0.1, 0.15) is 0 Å². The zero-order valence-electron chi connectivity index (χ0n) is 13.1. The average Bonchev–Trinajstić information content (AvgIpc) is 2.08. The van der Waals surface area contributed by atoms with E-state index in [1.54, 1.807) is 0 Å². The van der Waals surface area contributed by atoms with Gasteiger partial charge in [-0.05, 0) is 20.1 Å². The summed E-state index contributed by atoms with van der Waals surface area (Å²) in [5.74, 6) is 0. The van der Waals surface area contributed by atoms with E-state index in [0.29, 0.717) is 0 Å². The Morgan fingerprint density at radius 3 is 0.682 bits per heavy atom. The SMILES string of the molecule is CCN(C)CC.F[B-](F)(F)F.F[B-](F)(F)F.F[B-](F)(F)F.[H-].[K+]. The molecule has 0 aliphatic carbocycles. The van der Waals surface area contributed by atoms with Gasteiger partial charge in [-0.25, -0.2) is 0 Å². The molecule has 0 N–H and O–H groups in total. The van der Waals surface area contributed by atoms with Crippen LogP contribution in [0.2, 0.25) is 0 Å². The quantitative estimate of drug-likeness (QED) is 0.517. The van der Waals surface area contributed by atoms with Gasteiger partial charge in [0.05, 0.1) is 0 Å². The Morgan fingerprint density at radius 1 is 0.591 bits per heavy atom. The predicted octanol–water partition coefficient (Wildman–Crippen LogP) is 1.97. The summed E-state index contributed by atoms with van der Waals surface area (Å²) >= 11 is 0. The molecule has 0 radical (unpaired) electrons. The van der Waals surface area contributed by atoms with Crippen molar-refractivity contribution in [2.45, 2.75) is 13.8 Å². The van der Waals surface area contributed by atoms with Crippen LogP contribution < -0.4 is 51.4 Å². The molecule has 0 rings (SSSR count). The summed E-state index contributed by atoms with van der Waals surface area (Å²) < 4.78 is 117. The van der Waals surface area contributed by atoms with Crippen molar-refractivity contribution in [3.63, 3.8) is 0 Å². The van der Waals surface area contributed by atoms with Crippen LogP contribution in [-0.4, -0.2) is 46.8 Å². The summed E-state index contributed by atoms with van der Waals surface area (Å²) in [5, 5.41) is 0. The molecule has 0 amide bonds. The molecule has 0 fully saturated rings. The second-order valence-corrected chi connectivity index (χ2v) is 2.97. The molecular weight excluding hydrogens is 374 g/mol. The van der Waals surface area contributed by atoms with Crippen LogP contribution >= 0.6 is 0 Å². The molecule has 0 aliphatic rings. The van der Waals surface area contributed by atoms with E-state index in [0.717, 1.165) is 13.1 Å². The molecule has 136 valence electrons. The summed E-state index contributed by atoms with van der Waals surface area (Å²) in [6, 6.07) is 0. The molecule has 0 bridgehead atoms. The van der Waals surface area contributed by atoms with Crippen molar-refractivity contribution in [2.24, 2.45) is 0 Å². The molecule has 0 aromatic carbocycles. The van der Waals surface area contributed by atoms with E-state index in [1.807, 2.05) is 0 Å². The number of hydrogen-bond acceptors (Lipinski definition) is 1. The summed E-state index contributed by atoms with van der Waals surface area (Å²) in [6.45, 7) is 6.64. The van der Waals surface area contributed by atoms with Gasteiger partial charge in [0.15, 0.2) is 0 Å². The average molecular weight is 388 g/mol. The van der Waals surface area contributed by atoms with E-state index < -0.39 is 21.8 Å². The first-order chi connectivity index (χ1) is 8.81.